The monoisotopic (exact) mass is 753 g/mol. The maximum Gasteiger partial charge on any atom is 0.160 e. The highest BCUT2D eigenvalue weighted by Crippen LogP contribution is 2.42. The number of rotatable bonds is 3. The first-order valence-corrected chi connectivity index (χ1v) is 19.8. The van der Waals surface area contributed by atoms with E-state index in [1.165, 1.54) is 49.3 Å². The first kappa shape index (κ1) is 32.0. The largest absolute Gasteiger partial charge is 0.454 e. The molecule has 0 atom stereocenters. The van der Waals surface area contributed by atoms with Crippen LogP contribution >= 0.6 is 0 Å². The molecule has 0 saturated heterocycles. The van der Waals surface area contributed by atoms with Crippen molar-refractivity contribution < 1.29 is 4.42 Å². The number of aromatic nitrogens is 4. The molecular weight excluding hydrogens is 723 g/mol. The zero-order valence-electron chi connectivity index (χ0n) is 31.8. The van der Waals surface area contributed by atoms with Gasteiger partial charge in [-0.25, -0.2) is 4.98 Å². The molecule has 0 unspecified atom stereocenters. The molecule has 0 radical (unpaired) electrons. The summed E-state index contributed by atoms with van der Waals surface area (Å²) in [6, 6.07) is 62.6. The summed E-state index contributed by atoms with van der Waals surface area (Å²) in [6.07, 6.45) is 0. The second-order valence-corrected chi connectivity index (χ2v) is 15.6. The lowest BCUT2D eigenvalue weighted by atomic mass is 10.0. The Morgan fingerprint density at radius 3 is 1.95 bits per heavy atom. The molecule has 0 aliphatic rings. The molecule has 6 heteroatoms. The van der Waals surface area contributed by atoms with Crippen LogP contribution in [0.1, 0.15) is 11.1 Å². The molecule has 0 bridgehead atoms. The first-order valence-electron chi connectivity index (χ1n) is 19.8. The fourth-order valence-corrected chi connectivity index (χ4v) is 9.64. The Morgan fingerprint density at radius 1 is 0.492 bits per heavy atom. The van der Waals surface area contributed by atoms with E-state index < -0.39 is 0 Å². The molecule has 8 aromatic carbocycles. The quantitative estimate of drug-likeness (QED) is 0.180. The standard InChI is InChI=1S/C53H31N5O/c1-31-15-20-38-42-28-34(33-17-22-46-41(27-33)37-11-7-8-14-45(37)56(46)35-9-3-2-4-10-35)18-23-47(42)57(48(38)25-31)36-19-24-50-43(29-36)51-52(59-50)39-12-5-6-13-40(39)53-55-44-21-16-32(30-54)26-49(44)58(51)53/h2-29H,1H3. The van der Waals surface area contributed by atoms with Crippen LogP contribution in [0.25, 0.3) is 116 Å². The Morgan fingerprint density at radius 2 is 1.17 bits per heavy atom. The van der Waals surface area contributed by atoms with Crippen molar-refractivity contribution in [2.75, 3.05) is 0 Å². The van der Waals surface area contributed by atoms with Gasteiger partial charge in [-0.3, -0.25) is 4.40 Å². The number of furan rings is 1. The summed E-state index contributed by atoms with van der Waals surface area (Å²) in [6.45, 7) is 2.16. The fraction of sp³-hybridized carbons (Fsp3) is 0.0189. The number of nitrogens with zero attached hydrogens (tertiary/aromatic N) is 5. The van der Waals surface area contributed by atoms with Gasteiger partial charge in [0.05, 0.1) is 44.7 Å². The maximum atomic E-state index is 9.86. The summed E-state index contributed by atoms with van der Waals surface area (Å²) in [4.78, 5) is 5.10. The number of nitriles is 1. The van der Waals surface area contributed by atoms with Crippen LogP contribution in [0, 0.1) is 18.3 Å². The van der Waals surface area contributed by atoms with Crippen molar-refractivity contribution in [1.29, 1.82) is 5.26 Å². The highest BCUT2D eigenvalue weighted by molar-refractivity contribution is 6.19. The van der Waals surface area contributed by atoms with Gasteiger partial charge in [0, 0.05) is 49.1 Å². The van der Waals surface area contributed by atoms with E-state index in [1.54, 1.807) is 0 Å². The topological polar surface area (TPSA) is 64.1 Å². The minimum absolute atomic E-state index is 0.591. The number of aryl methyl sites for hydroxylation is 1. The van der Waals surface area contributed by atoms with Crippen LogP contribution in [0.2, 0.25) is 0 Å². The molecule has 6 nitrogen and oxygen atoms in total. The molecule has 274 valence electrons. The van der Waals surface area contributed by atoms with E-state index in [1.807, 2.05) is 30.3 Å². The van der Waals surface area contributed by atoms with Crippen molar-refractivity contribution in [2.45, 2.75) is 6.92 Å². The van der Waals surface area contributed by atoms with E-state index >= 15 is 0 Å². The van der Waals surface area contributed by atoms with Crippen LogP contribution in [-0.4, -0.2) is 18.5 Å². The van der Waals surface area contributed by atoms with Gasteiger partial charge in [-0.15, -0.1) is 0 Å². The number of fused-ring (bicyclic) bond motifs is 16. The third-order valence-electron chi connectivity index (χ3n) is 12.3. The van der Waals surface area contributed by atoms with E-state index in [0.29, 0.717) is 5.56 Å². The van der Waals surface area contributed by atoms with Crippen LogP contribution in [0.5, 0.6) is 0 Å². The van der Waals surface area contributed by atoms with Crippen molar-refractivity contribution >= 4 is 93.1 Å². The summed E-state index contributed by atoms with van der Waals surface area (Å²) in [5.74, 6) is 0. The zero-order chi connectivity index (χ0) is 38.9. The molecule has 5 heterocycles. The lowest BCUT2D eigenvalue weighted by Gasteiger charge is -2.10. The zero-order valence-corrected chi connectivity index (χ0v) is 31.8. The third-order valence-corrected chi connectivity index (χ3v) is 12.3. The summed E-state index contributed by atoms with van der Waals surface area (Å²) < 4.78 is 13.7. The normalized spacial score (nSPS) is 12.1. The van der Waals surface area contributed by atoms with Gasteiger partial charge in [0.15, 0.2) is 5.58 Å². The van der Waals surface area contributed by atoms with Crippen molar-refractivity contribution in [3.8, 4) is 28.6 Å². The SMILES string of the molecule is Cc1ccc2c3cc(-c4ccc5c(c4)c4ccccc4n5-c4ccccc4)ccc3n(-c3ccc4oc5c6ccccc6c6nc7ccc(C#N)cc7n6c5c4c3)c2c1. The first-order chi connectivity index (χ1) is 29.1. The Balaban J connectivity index is 1.04. The van der Waals surface area contributed by atoms with Gasteiger partial charge >= 0.3 is 0 Å². The third kappa shape index (κ3) is 4.41. The van der Waals surface area contributed by atoms with E-state index in [0.717, 1.165) is 71.9 Å². The Kier molecular flexibility index (Phi) is 6.35. The molecule has 0 aliphatic carbocycles. The van der Waals surface area contributed by atoms with Gasteiger partial charge < -0.3 is 13.6 Å². The maximum absolute atomic E-state index is 9.86. The number of hydrogen-bond acceptors (Lipinski definition) is 3. The van der Waals surface area contributed by atoms with Gasteiger partial charge in [0.2, 0.25) is 0 Å². The summed E-state index contributed by atoms with van der Waals surface area (Å²) in [5, 5.41) is 17.7. The lowest BCUT2D eigenvalue weighted by Crippen LogP contribution is -1.94. The van der Waals surface area contributed by atoms with Crippen LogP contribution in [0.4, 0.5) is 0 Å². The molecule has 0 N–H and O–H groups in total. The predicted octanol–water partition coefficient (Wildman–Crippen LogP) is 13.6. The summed E-state index contributed by atoms with van der Waals surface area (Å²) >= 11 is 0. The molecule has 0 amide bonds. The van der Waals surface area contributed by atoms with E-state index in [2.05, 4.69) is 166 Å². The minimum Gasteiger partial charge on any atom is -0.454 e. The molecule has 0 saturated carbocycles. The van der Waals surface area contributed by atoms with Gasteiger partial charge in [-0.2, -0.15) is 5.26 Å². The Labute approximate surface area is 336 Å². The van der Waals surface area contributed by atoms with E-state index in [-0.39, 0.29) is 0 Å². The Hall–Kier alpha value is -8.14. The number of pyridine rings is 1. The van der Waals surface area contributed by atoms with E-state index in [4.69, 9.17) is 9.40 Å². The Bertz CT molecular complexity index is 3980. The van der Waals surface area contributed by atoms with Crippen LogP contribution in [-0.2, 0) is 0 Å². The van der Waals surface area contributed by atoms with Crippen molar-refractivity contribution in [3.05, 3.63) is 181 Å². The predicted molar refractivity (Wildman–Crippen MR) is 241 cm³/mol. The van der Waals surface area contributed by atoms with Gasteiger partial charge in [0.1, 0.15) is 16.7 Å². The number of para-hydroxylation sites is 2. The molecule has 0 fully saturated rings. The second kappa shape index (κ2) is 11.7. The van der Waals surface area contributed by atoms with Gasteiger partial charge in [-0.05, 0) is 109 Å². The van der Waals surface area contributed by atoms with Gasteiger partial charge in [-0.1, -0.05) is 84.9 Å². The molecular formula is C53H31N5O. The highest BCUT2D eigenvalue weighted by Gasteiger charge is 2.22. The molecule has 13 aromatic rings. The van der Waals surface area contributed by atoms with Gasteiger partial charge in [0.25, 0.3) is 0 Å². The van der Waals surface area contributed by atoms with Crippen molar-refractivity contribution in [1.82, 2.24) is 18.5 Å². The van der Waals surface area contributed by atoms with Crippen molar-refractivity contribution in [3.63, 3.8) is 0 Å². The second-order valence-electron chi connectivity index (χ2n) is 15.6. The molecule has 0 aliphatic heterocycles. The molecule has 59 heavy (non-hydrogen) atoms. The van der Waals surface area contributed by atoms with Crippen LogP contribution in [0.3, 0.4) is 0 Å². The summed E-state index contributed by atoms with van der Waals surface area (Å²) in [7, 11) is 0. The average molecular weight is 754 g/mol. The summed E-state index contributed by atoms with van der Waals surface area (Å²) in [5.41, 5.74) is 16.1. The van der Waals surface area contributed by atoms with Crippen LogP contribution in [0.15, 0.2) is 174 Å². The minimum atomic E-state index is 0.591. The smallest absolute Gasteiger partial charge is 0.160 e. The highest BCUT2D eigenvalue weighted by atomic mass is 16.3. The van der Waals surface area contributed by atoms with Crippen LogP contribution < -0.4 is 0 Å². The molecule has 13 rings (SSSR count). The van der Waals surface area contributed by atoms with E-state index in [9.17, 15) is 5.26 Å². The van der Waals surface area contributed by atoms with Crippen molar-refractivity contribution in [2.24, 2.45) is 0 Å². The fourth-order valence-electron chi connectivity index (χ4n) is 9.64. The molecule has 5 aromatic heterocycles. The molecule has 0 spiro atoms. The number of imidazole rings is 1. The number of hydrogen-bond donors (Lipinski definition) is 0. The number of benzene rings is 8. The average Bonchev–Trinajstić information content (AvgIpc) is 4.03. The lowest BCUT2D eigenvalue weighted by molar-refractivity contribution is 0.672.